The van der Waals surface area contributed by atoms with Crippen LogP contribution in [0.1, 0.15) is 53.3 Å². The summed E-state index contributed by atoms with van der Waals surface area (Å²) in [5, 5.41) is 19.1. The summed E-state index contributed by atoms with van der Waals surface area (Å²) in [6.45, 7) is 2.13. The minimum atomic E-state index is -1.50. The Bertz CT molecular complexity index is 907. The minimum Gasteiger partial charge on any atom is -0.478 e. The number of aromatic nitrogens is 1. The van der Waals surface area contributed by atoms with Gasteiger partial charge in [0.1, 0.15) is 16.9 Å². The maximum absolute atomic E-state index is 12.2. The van der Waals surface area contributed by atoms with Gasteiger partial charge < -0.3 is 20.9 Å². The summed E-state index contributed by atoms with van der Waals surface area (Å²) in [5.74, 6) is -2.46. The number of aromatic amines is 1. The van der Waals surface area contributed by atoms with Crippen LogP contribution in [0.2, 0.25) is 0 Å². The monoisotopic (exact) mass is 390 g/mol. The lowest BCUT2D eigenvalue weighted by Crippen LogP contribution is -2.24. The Morgan fingerprint density at radius 3 is 2.37 bits per heavy atom. The molecule has 2 aromatic rings. The number of carboxylic acid groups (broad SMARTS) is 2. The van der Waals surface area contributed by atoms with E-state index in [2.05, 4.69) is 11.9 Å². The first-order valence-electron chi connectivity index (χ1n) is 8.63. The molecular weight excluding hydrogens is 368 g/mol. The zero-order valence-corrected chi connectivity index (χ0v) is 15.8. The largest absolute Gasteiger partial charge is 0.478 e. The van der Waals surface area contributed by atoms with Gasteiger partial charge in [0.05, 0.1) is 0 Å². The van der Waals surface area contributed by atoms with Crippen LogP contribution in [0.25, 0.3) is 11.1 Å². The molecule has 7 nitrogen and oxygen atoms in total. The molecule has 0 spiro atoms. The van der Waals surface area contributed by atoms with Crippen LogP contribution in [0.15, 0.2) is 34.0 Å². The molecule has 0 unspecified atom stereocenters. The summed E-state index contributed by atoms with van der Waals surface area (Å²) in [4.78, 5) is 38.4. The number of carboxylic acids is 2. The fraction of sp³-hybridized carbons (Fsp3) is 0.316. The molecule has 0 aliphatic carbocycles. The number of nitrogens with one attached hydrogen (secondary N) is 1. The van der Waals surface area contributed by atoms with Crippen molar-refractivity contribution in [1.82, 2.24) is 4.98 Å². The molecule has 1 aromatic heterocycles. The van der Waals surface area contributed by atoms with Crippen LogP contribution >= 0.6 is 11.8 Å². The van der Waals surface area contributed by atoms with E-state index in [0.29, 0.717) is 10.5 Å². The molecule has 0 saturated heterocycles. The Labute approximate surface area is 160 Å². The maximum Gasteiger partial charge on any atom is 0.342 e. The second-order valence-corrected chi connectivity index (χ2v) is 7.15. The van der Waals surface area contributed by atoms with Gasteiger partial charge in [0.15, 0.2) is 0 Å². The first-order valence-corrected chi connectivity index (χ1v) is 9.61. The average Bonchev–Trinajstić information content (AvgIpc) is 2.60. The van der Waals surface area contributed by atoms with Crippen molar-refractivity contribution in [3.63, 3.8) is 0 Å². The van der Waals surface area contributed by atoms with Crippen molar-refractivity contribution in [2.24, 2.45) is 0 Å². The predicted octanol–water partition coefficient (Wildman–Crippen LogP) is 3.69. The van der Waals surface area contributed by atoms with Gasteiger partial charge in [-0.1, -0.05) is 44.4 Å². The molecule has 0 aliphatic heterocycles. The van der Waals surface area contributed by atoms with Crippen molar-refractivity contribution in [3.8, 4) is 11.1 Å². The van der Waals surface area contributed by atoms with Crippen LogP contribution in [0, 0.1) is 0 Å². The van der Waals surface area contributed by atoms with E-state index in [4.69, 9.17) is 5.73 Å². The predicted molar refractivity (Wildman–Crippen MR) is 106 cm³/mol. The van der Waals surface area contributed by atoms with E-state index in [-0.39, 0.29) is 11.4 Å². The van der Waals surface area contributed by atoms with Crippen LogP contribution in [-0.2, 0) is 0 Å². The van der Waals surface area contributed by atoms with E-state index >= 15 is 0 Å². The van der Waals surface area contributed by atoms with Gasteiger partial charge in [0.2, 0.25) is 0 Å². The molecule has 144 valence electrons. The molecule has 0 radical (unpaired) electrons. The second kappa shape index (κ2) is 9.27. The lowest BCUT2D eigenvalue weighted by molar-refractivity contribution is 0.0695. The van der Waals surface area contributed by atoms with Crippen LogP contribution in [0.4, 0.5) is 5.82 Å². The molecule has 0 bridgehead atoms. The smallest absolute Gasteiger partial charge is 0.342 e. The number of anilines is 1. The van der Waals surface area contributed by atoms with E-state index in [9.17, 15) is 24.6 Å². The Kier molecular flexibility index (Phi) is 7.06. The summed E-state index contributed by atoms with van der Waals surface area (Å²) in [7, 11) is 0. The Balaban J connectivity index is 2.59. The first kappa shape index (κ1) is 20.6. The second-order valence-electron chi connectivity index (χ2n) is 6.01. The third-order valence-electron chi connectivity index (χ3n) is 4.08. The van der Waals surface area contributed by atoms with Gasteiger partial charge >= 0.3 is 11.9 Å². The van der Waals surface area contributed by atoms with Crippen molar-refractivity contribution in [3.05, 3.63) is 45.7 Å². The van der Waals surface area contributed by atoms with Gasteiger partial charge in [-0.15, -0.1) is 11.8 Å². The number of benzene rings is 1. The molecule has 27 heavy (non-hydrogen) atoms. The van der Waals surface area contributed by atoms with Crippen LogP contribution < -0.4 is 11.3 Å². The number of carbonyl (C=O) groups is 2. The van der Waals surface area contributed by atoms with Gasteiger partial charge in [0, 0.05) is 10.5 Å². The van der Waals surface area contributed by atoms with Crippen molar-refractivity contribution in [2.45, 2.75) is 37.5 Å². The standard InChI is InChI=1S/C19H22N2O5S/c1-2-3-4-7-10-27-12-9-6-5-8-11(12)13-14(18(23)24)16(20)21-17(22)15(13)19(25)26/h5-6,8-9H,2-4,7,10H2,1H3,(H,23,24)(H,25,26)(H3,20,21,22). The lowest BCUT2D eigenvalue weighted by Gasteiger charge is -2.15. The topological polar surface area (TPSA) is 133 Å². The number of rotatable bonds is 9. The fourth-order valence-electron chi connectivity index (χ4n) is 2.83. The summed E-state index contributed by atoms with van der Waals surface area (Å²) in [6, 6.07) is 6.86. The van der Waals surface area contributed by atoms with Crippen LogP contribution in [-0.4, -0.2) is 32.9 Å². The van der Waals surface area contributed by atoms with Gasteiger partial charge in [0.25, 0.3) is 5.56 Å². The number of nitrogen functional groups attached to an aromatic ring is 1. The fourth-order valence-corrected chi connectivity index (χ4v) is 3.89. The molecule has 2 rings (SSSR count). The summed E-state index contributed by atoms with van der Waals surface area (Å²) in [6.07, 6.45) is 4.34. The molecule has 1 aromatic carbocycles. The third kappa shape index (κ3) is 4.71. The number of hydrogen-bond donors (Lipinski definition) is 4. The Morgan fingerprint density at radius 1 is 1.07 bits per heavy atom. The van der Waals surface area contributed by atoms with Crippen molar-refractivity contribution >= 4 is 29.5 Å². The highest BCUT2D eigenvalue weighted by Gasteiger charge is 2.27. The number of unbranched alkanes of at least 4 members (excludes halogenated alkanes) is 3. The lowest BCUT2D eigenvalue weighted by atomic mass is 9.95. The van der Waals surface area contributed by atoms with Crippen LogP contribution in [0.3, 0.4) is 0 Å². The molecule has 0 saturated carbocycles. The molecule has 0 atom stereocenters. The summed E-state index contributed by atoms with van der Waals surface area (Å²) < 4.78 is 0. The third-order valence-corrected chi connectivity index (χ3v) is 5.24. The molecule has 5 N–H and O–H groups in total. The van der Waals surface area contributed by atoms with E-state index in [1.807, 2.05) is 0 Å². The highest BCUT2D eigenvalue weighted by atomic mass is 32.2. The zero-order chi connectivity index (χ0) is 20.0. The number of H-pyrrole nitrogens is 1. The normalized spacial score (nSPS) is 10.7. The maximum atomic E-state index is 12.2. The van der Waals surface area contributed by atoms with Gasteiger partial charge in [-0.25, -0.2) is 9.59 Å². The first-order chi connectivity index (χ1) is 12.9. The van der Waals surface area contributed by atoms with E-state index in [1.165, 1.54) is 11.8 Å². The van der Waals surface area contributed by atoms with Gasteiger partial charge in [-0.2, -0.15) is 0 Å². The number of nitrogens with two attached hydrogens (primary N) is 1. The molecule has 8 heteroatoms. The number of hydrogen-bond acceptors (Lipinski definition) is 5. The zero-order valence-electron chi connectivity index (χ0n) is 14.9. The molecule has 0 aliphatic rings. The molecule has 0 fully saturated rings. The number of thioether (sulfide) groups is 1. The quantitative estimate of drug-likeness (QED) is 0.379. The van der Waals surface area contributed by atoms with Crippen LogP contribution in [0.5, 0.6) is 0 Å². The summed E-state index contributed by atoms with van der Waals surface area (Å²) >= 11 is 1.51. The molecule has 1 heterocycles. The minimum absolute atomic E-state index is 0.159. The highest BCUT2D eigenvalue weighted by Crippen LogP contribution is 2.36. The van der Waals surface area contributed by atoms with Crippen molar-refractivity contribution in [2.75, 3.05) is 11.5 Å². The van der Waals surface area contributed by atoms with E-state index < -0.39 is 28.6 Å². The van der Waals surface area contributed by atoms with E-state index in [1.54, 1.807) is 24.3 Å². The van der Waals surface area contributed by atoms with Crippen molar-refractivity contribution in [1.29, 1.82) is 0 Å². The number of aromatic carboxylic acids is 2. The SMILES string of the molecule is CCCCCCSc1ccccc1-c1c(C(=O)O)c(N)[nH]c(=O)c1C(=O)O. The summed E-state index contributed by atoms with van der Waals surface area (Å²) in [5.41, 5.74) is 3.96. The number of pyridine rings is 1. The molecule has 0 amide bonds. The highest BCUT2D eigenvalue weighted by molar-refractivity contribution is 7.99. The van der Waals surface area contributed by atoms with E-state index in [0.717, 1.165) is 31.4 Å². The van der Waals surface area contributed by atoms with Gasteiger partial charge in [-0.05, 0) is 23.8 Å². The van der Waals surface area contributed by atoms with Gasteiger partial charge in [-0.3, -0.25) is 4.79 Å². The average molecular weight is 390 g/mol. The Hall–Kier alpha value is -2.74. The Morgan fingerprint density at radius 2 is 1.74 bits per heavy atom. The van der Waals surface area contributed by atoms with Crippen molar-refractivity contribution < 1.29 is 19.8 Å². The molecular formula is C19H22N2O5S.